The molecule has 0 bridgehead atoms. The van der Waals surface area contributed by atoms with Crippen LogP contribution in [0.25, 0.3) is 0 Å². The molecule has 0 heterocycles. The van der Waals surface area contributed by atoms with Crippen LogP contribution < -0.4 is 4.74 Å². The van der Waals surface area contributed by atoms with Gasteiger partial charge >= 0.3 is 0 Å². The zero-order valence-corrected chi connectivity index (χ0v) is 12.9. The van der Waals surface area contributed by atoms with Crippen LogP contribution in [0.1, 0.15) is 63.9 Å². The molecule has 0 atom stereocenters. The Morgan fingerprint density at radius 3 is 2.25 bits per heavy atom. The number of rotatable bonds is 12. The van der Waals surface area contributed by atoms with Gasteiger partial charge in [0.05, 0.1) is 6.61 Å². The van der Waals surface area contributed by atoms with Crippen molar-refractivity contribution in [2.75, 3.05) is 13.2 Å². The topological polar surface area (TPSA) is 29.5 Å². The number of benzene rings is 1. The highest BCUT2D eigenvalue weighted by atomic mass is 16.5. The molecule has 0 aliphatic carbocycles. The van der Waals surface area contributed by atoms with Gasteiger partial charge in [0.2, 0.25) is 0 Å². The highest BCUT2D eigenvalue weighted by molar-refractivity contribution is 5.27. The summed E-state index contributed by atoms with van der Waals surface area (Å²) in [5, 5.41) is 8.69. The smallest absolute Gasteiger partial charge is 0.119 e. The highest BCUT2D eigenvalue weighted by Gasteiger charge is 1.97. The van der Waals surface area contributed by atoms with Gasteiger partial charge in [-0.3, -0.25) is 0 Å². The normalized spacial score (nSPS) is 10.7. The van der Waals surface area contributed by atoms with Gasteiger partial charge in [0, 0.05) is 6.61 Å². The second-order valence-electron chi connectivity index (χ2n) is 5.44. The number of ether oxygens (including phenoxy) is 1. The van der Waals surface area contributed by atoms with Crippen LogP contribution in [-0.4, -0.2) is 18.3 Å². The molecule has 1 rings (SSSR count). The average Bonchev–Trinajstić information content (AvgIpc) is 2.49. The quantitative estimate of drug-likeness (QED) is 0.559. The molecule has 20 heavy (non-hydrogen) atoms. The van der Waals surface area contributed by atoms with Gasteiger partial charge < -0.3 is 9.84 Å². The summed E-state index contributed by atoms with van der Waals surface area (Å²) in [4.78, 5) is 0. The van der Waals surface area contributed by atoms with Crippen LogP contribution in [0.15, 0.2) is 24.3 Å². The van der Waals surface area contributed by atoms with Crippen molar-refractivity contribution in [3.8, 4) is 5.75 Å². The average molecular weight is 278 g/mol. The van der Waals surface area contributed by atoms with E-state index in [9.17, 15) is 0 Å². The SMILES string of the molecule is CCCCCCCCc1ccc(OCCCCO)cc1. The van der Waals surface area contributed by atoms with Crippen molar-refractivity contribution in [1.29, 1.82) is 0 Å². The van der Waals surface area contributed by atoms with E-state index < -0.39 is 0 Å². The van der Waals surface area contributed by atoms with Crippen molar-refractivity contribution >= 4 is 0 Å². The van der Waals surface area contributed by atoms with Crippen molar-refractivity contribution in [2.24, 2.45) is 0 Å². The van der Waals surface area contributed by atoms with Gasteiger partial charge in [0.1, 0.15) is 5.75 Å². The molecule has 1 N–H and O–H groups in total. The fourth-order valence-electron chi connectivity index (χ4n) is 2.27. The van der Waals surface area contributed by atoms with Gasteiger partial charge in [-0.25, -0.2) is 0 Å². The molecule has 0 aliphatic heterocycles. The maximum atomic E-state index is 8.69. The second kappa shape index (κ2) is 11.8. The molecular formula is C18H30O2. The molecule has 1 aromatic rings. The first-order chi connectivity index (χ1) is 9.86. The van der Waals surface area contributed by atoms with Crippen molar-refractivity contribution < 1.29 is 9.84 Å². The van der Waals surface area contributed by atoms with Gasteiger partial charge in [-0.2, -0.15) is 0 Å². The predicted octanol–water partition coefficient (Wildman–Crippen LogP) is 4.74. The van der Waals surface area contributed by atoms with Crippen molar-refractivity contribution in [1.82, 2.24) is 0 Å². The molecule has 1 aromatic carbocycles. The molecule has 114 valence electrons. The predicted molar refractivity (Wildman–Crippen MR) is 85.3 cm³/mol. The van der Waals surface area contributed by atoms with Gasteiger partial charge in [0.15, 0.2) is 0 Å². The standard InChI is InChI=1S/C18H30O2/c1-2-3-4-5-6-7-10-17-11-13-18(14-12-17)20-16-9-8-15-19/h11-14,19H,2-10,15-16H2,1H3. The maximum absolute atomic E-state index is 8.69. The van der Waals surface area contributed by atoms with E-state index in [2.05, 4.69) is 31.2 Å². The van der Waals surface area contributed by atoms with Gasteiger partial charge in [-0.05, 0) is 43.4 Å². The second-order valence-corrected chi connectivity index (χ2v) is 5.44. The van der Waals surface area contributed by atoms with E-state index in [1.807, 2.05) is 0 Å². The van der Waals surface area contributed by atoms with E-state index in [1.165, 1.54) is 50.5 Å². The fraction of sp³-hybridized carbons (Fsp3) is 0.667. The number of hydrogen-bond acceptors (Lipinski definition) is 2. The summed E-state index contributed by atoms with van der Waals surface area (Å²) < 4.78 is 5.62. The molecule has 0 radical (unpaired) electrons. The number of aryl methyl sites for hydroxylation is 1. The Bertz CT molecular complexity index is 319. The largest absolute Gasteiger partial charge is 0.494 e. The molecule has 2 nitrogen and oxygen atoms in total. The Kier molecular flexibility index (Phi) is 10.0. The van der Waals surface area contributed by atoms with Gasteiger partial charge in [0.25, 0.3) is 0 Å². The molecule has 0 spiro atoms. The Labute approximate surface area is 124 Å². The third-order valence-electron chi connectivity index (χ3n) is 3.56. The van der Waals surface area contributed by atoms with Gasteiger partial charge in [-0.1, -0.05) is 51.2 Å². The summed E-state index contributed by atoms with van der Waals surface area (Å²) in [6.07, 6.45) is 11.0. The summed E-state index contributed by atoms with van der Waals surface area (Å²) in [5.41, 5.74) is 1.41. The molecule has 0 aliphatic rings. The van der Waals surface area contributed by atoms with E-state index in [4.69, 9.17) is 9.84 Å². The fourth-order valence-corrected chi connectivity index (χ4v) is 2.27. The van der Waals surface area contributed by atoms with Gasteiger partial charge in [-0.15, -0.1) is 0 Å². The van der Waals surface area contributed by atoms with Crippen molar-refractivity contribution in [3.63, 3.8) is 0 Å². The van der Waals surface area contributed by atoms with Crippen LogP contribution in [0.4, 0.5) is 0 Å². The lowest BCUT2D eigenvalue weighted by atomic mass is 10.0. The summed E-state index contributed by atoms with van der Waals surface area (Å²) in [6, 6.07) is 8.47. The Balaban J connectivity index is 2.12. The summed E-state index contributed by atoms with van der Waals surface area (Å²) in [5.74, 6) is 0.939. The number of aliphatic hydroxyl groups is 1. The first kappa shape index (κ1) is 17.0. The van der Waals surface area contributed by atoms with Crippen LogP contribution in [0.2, 0.25) is 0 Å². The van der Waals surface area contributed by atoms with Crippen LogP contribution >= 0.6 is 0 Å². The first-order valence-electron chi connectivity index (χ1n) is 8.19. The van der Waals surface area contributed by atoms with E-state index in [0.717, 1.165) is 18.6 Å². The van der Waals surface area contributed by atoms with E-state index in [0.29, 0.717) is 6.61 Å². The molecule has 0 unspecified atom stereocenters. The molecule has 0 amide bonds. The van der Waals surface area contributed by atoms with Crippen molar-refractivity contribution in [2.45, 2.75) is 64.7 Å². The summed E-state index contributed by atoms with van der Waals surface area (Å²) in [6.45, 7) is 3.20. The Morgan fingerprint density at radius 1 is 0.850 bits per heavy atom. The van der Waals surface area contributed by atoms with Crippen LogP contribution in [0, 0.1) is 0 Å². The van der Waals surface area contributed by atoms with E-state index in [-0.39, 0.29) is 6.61 Å². The van der Waals surface area contributed by atoms with E-state index >= 15 is 0 Å². The molecular weight excluding hydrogens is 248 g/mol. The number of hydrogen-bond donors (Lipinski definition) is 1. The lowest BCUT2D eigenvalue weighted by Gasteiger charge is -2.07. The monoisotopic (exact) mass is 278 g/mol. The number of unbranched alkanes of at least 4 members (excludes halogenated alkanes) is 6. The van der Waals surface area contributed by atoms with Crippen LogP contribution in [-0.2, 0) is 6.42 Å². The lowest BCUT2D eigenvalue weighted by molar-refractivity contribution is 0.253. The highest BCUT2D eigenvalue weighted by Crippen LogP contribution is 2.15. The minimum absolute atomic E-state index is 0.251. The maximum Gasteiger partial charge on any atom is 0.119 e. The molecule has 0 aromatic heterocycles. The van der Waals surface area contributed by atoms with Crippen LogP contribution in [0.5, 0.6) is 5.75 Å². The molecule has 0 fully saturated rings. The van der Waals surface area contributed by atoms with Crippen molar-refractivity contribution in [3.05, 3.63) is 29.8 Å². The Hall–Kier alpha value is -1.02. The number of aliphatic hydroxyl groups excluding tert-OH is 1. The minimum atomic E-state index is 0.251. The third kappa shape index (κ3) is 8.21. The molecule has 2 heteroatoms. The third-order valence-corrected chi connectivity index (χ3v) is 3.56. The Morgan fingerprint density at radius 2 is 1.55 bits per heavy atom. The summed E-state index contributed by atoms with van der Waals surface area (Å²) >= 11 is 0. The first-order valence-corrected chi connectivity index (χ1v) is 8.19. The molecule has 0 saturated carbocycles. The summed E-state index contributed by atoms with van der Waals surface area (Å²) in [7, 11) is 0. The van der Waals surface area contributed by atoms with E-state index in [1.54, 1.807) is 0 Å². The minimum Gasteiger partial charge on any atom is -0.494 e. The zero-order valence-electron chi connectivity index (χ0n) is 12.9. The zero-order chi connectivity index (χ0) is 14.5. The lowest BCUT2D eigenvalue weighted by Crippen LogP contribution is -1.98. The molecule has 0 saturated heterocycles. The van der Waals surface area contributed by atoms with Crippen LogP contribution in [0.3, 0.4) is 0 Å².